The molecule has 0 aliphatic heterocycles. The standard InChI is InChI=1S/C44H38N8O10/c1-27-8-14-35(21-39(27)47-25-53)49-43(57)59-37-16-10-33(11-17-37)29(3)51-61-41(55)45-23-31-6-5-7-32(20-31)24-46-42(56)62-52-30(4)34-12-18-38(19-13-34)60-44(58)50-36-15-9-28(2)40(22-36)48-26-54/h5-22H,23-24H2,1-4H3,(H,45,55)(H,46,56)(H,49,57)(H,50,58)/b51-29+,52-30+. The minimum atomic E-state index is -0.799. The summed E-state index contributed by atoms with van der Waals surface area (Å²) < 4.78 is 10.6. The largest absolute Gasteiger partial charge is 0.433 e. The highest BCUT2D eigenvalue weighted by Crippen LogP contribution is 2.25. The van der Waals surface area contributed by atoms with Crippen molar-refractivity contribution in [1.29, 1.82) is 0 Å². The van der Waals surface area contributed by atoms with E-state index < -0.39 is 24.4 Å². The van der Waals surface area contributed by atoms with E-state index in [-0.39, 0.29) is 24.6 Å². The Morgan fingerprint density at radius 2 is 0.935 bits per heavy atom. The van der Waals surface area contributed by atoms with Gasteiger partial charge in [0.05, 0.1) is 22.8 Å². The van der Waals surface area contributed by atoms with Crippen LogP contribution in [0, 0.1) is 13.8 Å². The molecule has 0 aliphatic carbocycles. The molecule has 0 radical (unpaired) electrons. The summed E-state index contributed by atoms with van der Waals surface area (Å²) in [6, 6.07) is 29.5. The molecular weight excluding hydrogens is 801 g/mol. The SMILES string of the molecule is C/C(=N\OC(=O)NCc1cccc(CNC(=O)O/N=C(\C)c2ccc(OC(=O)Nc3ccc(C)c(N=C=O)c3)cc2)c1)c1ccc(OC(=O)Nc2ccc(C)c(N=C=O)c2)cc1. The topological polar surface area (TPSA) is 237 Å². The van der Waals surface area contributed by atoms with Crippen LogP contribution in [0.3, 0.4) is 0 Å². The van der Waals surface area contributed by atoms with Crippen LogP contribution in [-0.2, 0) is 32.4 Å². The third kappa shape index (κ3) is 13.7. The number of hydrogen-bond donors (Lipinski definition) is 4. The number of benzene rings is 5. The first-order valence-corrected chi connectivity index (χ1v) is 18.5. The van der Waals surface area contributed by atoms with Crippen molar-refractivity contribution in [1.82, 2.24) is 10.6 Å². The number of aryl methyl sites for hydroxylation is 2. The zero-order valence-corrected chi connectivity index (χ0v) is 33.7. The molecule has 5 aromatic rings. The number of carbonyl (C=O) groups is 4. The molecule has 4 amide bonds. The summed E-state index contributed by atoms with van der Waals surface area (Å²) in [5.41, 5.74) is 6.41. The van der Waals surface area contributed by atoms with Crippen LogP contribution in [0.25, 0.3) is 0 Å². The van der Waals surface area contributed by atoms with Gasteiger partial charge in [0.2, 0.25) is 12.2 Å². The van der Waals surface area contributed by atoms with E-state index in [0.717, 1.165) is 22.3 Å². The summed E-state index contributed by atoms with van der Waals surface area (Å²) in [6.45, 7) is 7.02. The molecule has 0 heterocycles. The number of hydrogen-bond acceptors (Lipinski definition) is 14. The lowest BCUT2D eigenvalue weighted by Crippen LogP contribution is -2.24. The molecule has 0 aromatic heterocycles. The Kier molecular flexibility index (Phi) is 15.7. The molecule has 5 rings (SSSR count). The predicted molar refractivity (Wildman–Crippen MR) is 228 cm³/mol. The van der Waals surface area contributed by atoms with Crippen molar-refractivity contribution in [2.75, 3.05) is 10.6 Å². The normalized spacial score (nSPS) is 10.8. The van der Waals surface area contributed by atoms with Crippen molar-refractivity contribution in [2.45, 2.75) is 40.8 Å². The maximum atomic E-state index is 12.4. The van der Waals surface area contributed by atoms with Gasteiger partial charge in [-0.25, -0.2) is 28.8 Å². The summed E-state index contributed by atoms with van der Waals surface area (Å²) in [6.07, 6.45) is -0.153. The van der Waals surface area contributed by atoms with Crippen LogP contribution >= 0.6 is 0 Å². The van der Waals surface area contributed by atoms with Gasteiger partial charge >= 0.3 is 24.4 Å². The molecule has 314 valence electrons. The van der Waals surface area contributed by atoms with E-state index in [9.17, 15) is 28.8 Å². The quantitative estimate of drug-likeness (QED) is 0.0359. The van der Waals surface area contributed by atoms with E-state index in [1.165, 1.54) is 24.3 Å². The van der Waals surface area contributed by atoms with Crippen LogP contribution in [0.1, 0.15) is 47.2 Å². The molecular formula is C44H38N8O10. The van der Waals surface area contributed by atoms with Gasteiger partial charge in [0, 0.05) is 24.5 Å². The minimum absolute atomic E-state index is 0.109. The van der Waals surface area contributed by atoms with Crippen LogP contribution in [0.15, 0.2) is 129 Å². The van der Waals surface area contributed by atoms with Crippen molar-refractivity contribution in [3.8, 4) is 11.5 Å². The van der Waals surface area contributed by atoms with Gasteiger partial charge in [-0.05, 0) is 134 Å². The van der Waals surface area contributed by atoms with Crippen molar-refractivity contribution in [3.63, 3.8) is 0 Å². The molecule has 0 atom stereocenters. The van der Waals surface area contributed by atoms with Crippen LogP contribution in [0.5, 0.6) is 11.5 Å². The number of nitrogens with zero attached hydrogens (tertiary/aromatic N) is 4. The maximum absolute atomic E-state index is 12.4. The fraction of sp³-hybridized carbons (Fsp3) is 0.136. The number of aliphatic imine (C=N–C) groups is 2. The molecule has 0 saturated carbocycles. The molecule has 0 spiro atoms. The molecule has 4 N–H and O–H groups in total. The first-order chi connectivity index (χ1) is 29.9. The maximum Gasteiger partial charge on any atom is 0.433 e. The van der Waals surface area contributed by atoms with Crippen molar-refractivity contribution >= 4 is 70.7 Å². The monoisotopic (exact) mass is 838 g/mol. The summed E-state index contributed by atoms with van der Waals surface area (Å²) in [4.78, 5) is 88.0. The Labute approximate surface area is 354 Å². The minimum Gasteiger partial charge on any atom is -0.410 e. The summed E-state index contributed by atoms with van der Waals surface area (Å²) >= 11 is 0. The first-order valence-electron chi connectivity index (χ1n) is 18.5. The summed E-state index contributed by atoms with van der Waals surface area (Å²) in [5.74, 6) is 0.490. The smallest absolute Gasteiger partial charge is 0.410 e. The lowest BCUT2D eigenvalue weighted by atomic mass is 10.1. The number of rotatable bonds is 14. The van der Waals surface area contributed by atoms with Gasteiger partial charge in [-0.3, -0.25) is 20.3 Å². The van der Waals surface area contributed by atoms with E-state index in [1.54, 1.807) is 125 Å². The number of anilines is 2. The molecule has 18 nitrogen and oxygen atoms in total. The fourth-order valence-corrected chi connectivity index (χ4v) is 5.33. The van der Waals surface area contributed by atoms with E-state index in [1.807, 2.05) is 0 Å². The summed E-state index contributed by atoms with van der Waals surface area (Å²) in [5, 5.41) is 18.1. The van der Waals surface area contributed by atoms with Gasteiger partial charge in [0.15, 0.2) is 0 Å². The number of carbonyl (C=O) groups excluding carboxylic acids is 6. The van der Waals surface area contributed by atoms with Gasteiger partial charge in [-0.15, -0.1) is 0 Å². The van der Waals surface area contributed by atoms with Gasteiger partial charge in [-0.1, -0.05) is 46.7 Å². The lowest BCUT2D eigenvalue weighted by Gasteiger charge is -2.09. The van der Waals surface area contributed by atoms with Crippen LogP contribution < -0.4 is 30.7 Å². The number of ether oxygens (including phenoxy) is 2. The average molecular weight is 839 g/mol. The van der Waals surface area contributed by atoms with E-state index in [0.29, 0.717) is 45.3 Å². The number of isocyanates is 2. The number of oxime groups is 2. The van der Waals surface area contributed by atoms with Gasteiger partial charge < -0.3 is 20.1 Å². The zero-order valence-electron chi connectivity index (χ0n) is 33.7. The van der Waals surface area contributed by atoms with Crippen LogP contribution in [0.2, 0.25) is 0 Å². The molecule has 0 saturated heterocycles. The van der Waals surface area contributed by atoms with Gasteiger partial charge in [0.1, 0.15) is 11.5 Å². The Bertz CT molecular complexity index is 2440. The highest BCUT2D eigenvalue weighted by Gasteiger charge is 2.11. The lowest BCUT2D eigenvalue weighted by molar-refractivity contribution is 0.149. The molecule has 0 bridgehead atoms. The average Bonchev–Trinajstić information content (AvgIpc) is 3.26. The Balaban J connectivity index is 1.01. The molecule has 62 heavy (non-hydrogen) atoms. The number of nitrogens with one attached hydrogen (secondary N) is 4. The predicted octanol–water partition coefficient (Wildman–Crippen LogP) is 8.76. The van der Waals surface area contributed by atoms with E-state index >= 15 is 0 Å². The second-order valence-electron chi connectivity index (χ2n) is 13.1. The van der Waals surface area contributed by atoms with Crippen LogP contribution in [-0.4, -0.2) is 48.0 Å². The third-order valence-electron chi connectivity index (χ3n) is 8.60. The number of amides is 4. The fourth-order valence-electron chi connectivity index (χ4n) is 5.33. The highest BCUT2D eigenvalue weighted by atomic mass is 16.7. The molecule has 0 fully saturated rings. The van der Waals surface area contributed by atoms with E-state index in [2.05, 4.69) is 41.6 Å². The van der Waals surface area contributed by atoms with E-state index in [4.69, 9.17) is 19.1 Å². The Morgan fingerprint density at radius 3 is 1.32 bits per heavy atom. The van der Waals surface area contributed by atoms with Crippen molar-refractivity contribution in [2.24, 2.45) is 20.3 Å². The first kappa shape index (κ1) is 44.4. The van der Waals surface area contributed by atoms with Crippen LogP contribution in [0.4, 0.5) is 41.9 Å². The van der Waals surface area contributed by atoms with Crippen molar-refractivity contribution in [3.05, 3.63) is 143 Å². The zero-order chi connectivity index (χ0) is 44.4. The molecule has 5 aromatic carbocycles. The highest BCUT2D eigenvalue weighted by molar-refractivity contribution is 5.99. The van der Waals surface area contributed by atoms with Gasteiger partial charge in [-0.2, -0.15) is 9.98 Å². The van der Waals surface area contributed by atoms with Crippen molar-refractivity contribution < 1.29 is 47.9 Å². The molecule has 0 aliphatic rings. The second kappa shape index (κ2) is 21.9. The molecule has 18 heteroatoms. The Hall–Kier alpha value is -8.72. The third-order valence-corrected chi connectivity index (χ3v) is 8.60. The summed E-state index contributed by atoms with van der Waals surface area (Å²) in [7, 11) is 0. The van der Waals surface area contributed by atoms with Gasteiger partial charge in [0.25, 0.3) is 0 Å². The Morgan fingerprint density at radius 1 is 0.532 bits per heavy atom. The molecule has 0 unspecified atom stereocenters. The second-order valence-corrected chi connectivity index (χ2v) is 13.1.